The van der Waals surface area contributed by atoms with Crippen molar-refractivity contribution >= 4 is 21.8 Å². The Labute approximate surface area is 234 Å². The third-order valence-electron chi connectivity index (χ3n) is 7.85. The number of H-pyrrole nitrogens is 1. The standard InChI is InChI=1S/C33H36N4O3/c1-39-27-10-11-30-29(19-27)28(12-15-34-30)31(38)21-37-16-13-25(14-17-37)35-20-26-18-24-8-5-9-32(33(24)36-26)40-22-23-6-3-2-4-7-23/h2-12,15,18-19,25,31,35-36,38H,13-14,16-17,20-22H2,1H3/t31-/m0/s1. The van der Waals surface area contributed by atoms with Crippen molar-refractivity contribution in [2.45, 2.75) is 38.1 Å². The minimum atomic E-state index is -0.577. The van der Waals surface area contributed by atoms with Crippen LogP contribution < -0.4 is 14.8 Å². The molecule has 1 aliphatic rings. The first kappa shape index (κ1) is 26.3. The van der Waals surface area contributed by atoms with Gasteiger partial charge in [-0.3, -0.25) is 4.98 Å². The van der Waals surface area contributed by atoms with Gasteiger partial charge in [-0.25, -0.2) is 0 Å². The van der Waals surface area contributed by atoms with Crippen LogP contribution in [0, 0.1) is 0 Å². The van der Waals surface area contributed by atoms with E-state index in [9.17, 15) is 5.11 Å². The number of aromatic nitrogens is 2. The van der Waals surface area contributed by atoms with Crippen molar-refractivity contribution in [2.24, 2.45) is 0 Å². The number of nitrogens with one attached hydrogen (secondary N) is 2. The van der Waals surface area contributed by atoms with Crippen LogP contribution in [0.15, 0.2) is 85.1 Å². The van der Waals surface area contributed by atoms with Crippen molar-refractivity contribution in [1.82, 2.24) is 20.2 Å². The molecule has 7 nitrogen and oxygen atoms in total. The van der Waals surface area contributed by atoms with Gasteiger partial charge in [0.2, 0.25) is 0 Å². The van der Waals surface area contributed by atoms with Gasteiger partial charge in [0.25, 0.3) is 0 Å². The van der Waals surface area contributed by atoms with Gasteiger partial charge in [-0.15, -0.1) is 0 Å². The van der Waals surface area contributed by atoms with Gasteiger partial charge in [-0.05, 0) is 73.5 Å². The molecule has 0 unspecified atom stereocenters. The summed E-state index contributed by atoms with van der Waals surface area (Å²) in [6, 6.07) is 26.8. The number of β-amino-alcohol motifs (C(OH)–C–C–N with tert-alkyl or cyclic N) is 1. The number of fused-ring (bicyclic) bond motifs is 2. The van der Waals surface area contributed by atoms with Crippen molar-refractivity contribution in [2.75, 3.05) is 26.7 Å². The first-order valence-corrected chi connectivity index (χ1v) is 14.0. The number of nitrogens with zero attached hydrogens (tertiary/aromatic N) is 2. The Hall–Kier alpha value is -3.91. The third-order valence-corrected chi connectivity index (χ3v) is 7.85. The molecule has 0 bridgehead atoms. The Balaban J connectivity index is 1.02. The fourth-order valence-electron chi connectivity index (χ4n) is 5.62. The van der Waals surface area contributed by atoms with Crippen LogP contribution >= 0.6 is 0 Å². The minimum absolute atomic E-state index is 0.444. The van der Waals surface area contributed by atoms with Crippen LogP contribution in [0.5, 0.6) is 11.5 Å². The number of para-hydroxylation sites is 1. The molecule has 6 rings (SSSR count). The Morgan fingerprint density at radius 3 is 2.70 bits per heavy atom. The number of benzene rings is 3. The number of aromatic amines is 1. The van der Waals surface area contributed by atoms with Crippen molar-refractivity contribution in [3.05, 3.63) is 102 Å². The number of piperidine rings is 1. The van der Waals surface area contributed by atoms with E-state index in [1.54, 1.807) is 13.3 Å². The van der Waals surface area contributed by atoms with Crippen molar-refractivity contribution in [1.29, 1.82) is 0 Å². The number of hydrogen-bond acceptors (Lipinski definition) is 6. The maximum atomic E-state index is 11.1. The van der Waals surface area contributed by atoms with Gasteiger partial charge in [0.05, 0.1) is 24.2 Å². The van der Waals surface area contributed by atoms with Crippen molar-refractivity contribution < 1.29 is 14.6 Å². The molecule has 40 heavy (non-hydrogen) atoms. The van der Waals surface area contributed by atoms with Crippen LogP contribution in [0.2, 0.25) is 0 Å². The van der Waals surface area contributed by atoms with Gasteiger partial charge < -0.3 is 29.8 Å². The molecule has 2 aromatic heterocycles. The largest absolute Gasteiger partial charge is 0.497 e. The second-order valence-electron chi connectivity index (χ2n) is 10.5. The highest BCUT2D eigenvalue weighted by atomic mass is 16.5. The first-order chi connectivity index (χ1) is 19.7. The quantitative estimate of drug-likeness (QED) is 0.216. The molecular formula is C33H36N4O3. The summed E-state index contributed by atoms with van der Waals surface area (Å²) in [7, 11) is 1.66. The van der Waals surface area contributed by atoms with E-state index in [4.69, 9.17) is 9.47 Å². The second kappa shape index (κ2) is 12.1. The second-order valence-corrected chi connectivity index (χ2v) is 10.5. The Kier molecular flexibility index (Phi) is 7.95. The zero-order chi connectivity index (χ0) is 27.3. The Morgan fingerprint density at radius 2 is 1.88 bits per heavy atom. The number of aliphatic hydroxyl groups excluding tert-OH is 1. The zero-order valence-corrected chi connectivity index (χ0v) is 22.8. The summed E-state index contributed by atoms with van der Waals surface area (Å²) in [6.45, 7) is 3.84. The van der Waals surface area contributed by atoms with Crippen LogP contribution in [0.3, 0.4) is 0 Å². The van der Waals surface area contributed by atoms with Crippen LogP contribution in [0.25, 0.3) is 21.8 Å². The molecule has 0 saturated carbocycles. The van der Waals surface area contributed by atoms with Crippen molar-refractivity contribution in [3.63, 3.8) is 0 Å². The number of ether oxygens (including phenoxy) is 2. The van der Waals surface area contributed by atoms with Crippen LogP contribution in [-0.2, 0) is 13.2 Å². The highest BCUT2D eigenvalue weighted by molar-refractivity contribution is 5.86. The monoisotopic (exact) mass is 536 g/mol. The molecule has 0 aliphatic carbocycles. The molecule has 1 atom stereocenters. The molecule has 3 N–H and O–H groups in total. The fraction of sp³-hybridized carbons (Fsp3) is 0.303. The van der Waals surface area contributed by atoms with Crippen LogP contribution in [0.4, 0.5) is 0 Å². The summed E-state index contributed by atoms with van der Waals surface area (Å²) in [5.74, 6) is 1.65. The molecule has 7 heteroatoms. The third kappa shape index (κ3) is 5.97. The topological polar surface area (TPSA) is 82.6 Å². The fourth-order valence-corrected chi connectivity index (χ4v) is 5.62. The van der Waals surface area contributed by atoms with E-state index < -0.39 is 6.10 Å². The Bertz CT molecular complexity index is 1560. The molecule has 1 fully saturated rings. The molecule has 206 valence electrons. The van der Waals surface area contributed by atoms with Gasteiger partial charge in [0.1, 0.15) is 18.1 Å². The summed E-state index contributed by atoms with van der Waals surface area (Å²) in [6.07, 6.45) is 3.28. The predicted molar refractivity (Wildman–Crippen MR) is 159 cm³/mol. The van der Waals surface area contributed by atoms with E-state index >= 15 is 0 Å². The highest BCUT2D eigenvalue weighted by Gasteiger charge is 2.22. The summed E-state index contributed by atoms with van der Waals surface area (Å²) in [4.78, 5) is 10.4. The van der Waals surface area contributed by atoms with E-state index in [-0.39, 0.29) is 0 Å². The molecular weight excluding hydrogens is 500 g/mol. The lowest BCUT2D eigenvalue weighted by atomic mass is 10.0. The molecule has 1 saturated heterocycles. The van der Waals surface area contributed by atoms with E-state index in [2.05, 4.69) is 44.5 Å². The minimum Gasteiger partial charge on any atom is -0.497 e. The lowest BCUT2D eigenvalue weighted by Crippen LogP contribution is -2.43. The first-order valence-electron chi connectivity index (χ1n) is 14.0. The Morgan fingerprint density at radius 1 is 1.02 bits per heavy atom. The smallest absolute Gasteiger partial charge is 0.143 e. The van der Waals surface area contributed by atoms with Gasteiger partial charge in [0.15, 0.2) is 0 Å². The number of methoxy groups -OCH3 is 1. The number of pyridine rings is 1. The number of hydrogen-bond donors (Lipinski definition) is 3. The number of aliphatic hydroxyl groups is 1. The molecule has 1 aliphatic heterocycles. The molecule has 3 heterocycles. The van der Waals surface area contributed by atoms with Gasteiger partial charge >= 0.3 is 0 Å². The predicted octanol–water partition coefficient (Wildman–Crippen LogP) is 5.59. The average Bonchev–Trinajstić information content (AvgIpc) is 3.43. The average molecular weight is 537 g/mol. The molecule has 5 aromatic rings. The SMILES string of the molecule is COc1ccc2nccc([C@@H](O)CN3CCC(NCc4cc5cccc(OCc6ccccc6)c5[nH]4)CC3)c2c1. The maximum Gasteiger partial charge on any atom is 0.143 e. The normalized spacial score (nSPS) is 15.4. The van der Waals surface area contributed by atoms with Gasteiger partial charge in [0, 0.05) is 41.8 Å². The van der Waals surface area contributed by atoms with E-state index in [1.807, 2.05) is 54.6 Å². The van der Waals surface area contributed by atoms with E-state index in [0.29, 0.717) is 19.2 Å². The maximum absolute atomic E-state index is 11.1. The summed E-state index contributed by atoms with van der Waals surface area (Å²) in [5.41, 5.74) is 5.12. The lowest BCUT2D eigenvalue weighted by Gasteiger charge is -2.33. The summed E-state index contributed by atoms with van der Waals surface area (Å²) in [5, 5.41) is 16.9. The number of likely N-dealkylation sites (tertiary alicyclic amines) is 1. The number of rotatable bonds is 10. The molecule has 3 aromatic carbocycles. The van der Waals surface area contributed by atoms with Crippen LogP contribution in [0.1, 0.15) is 35.8 Å². The molecule has 0 amide bonds. The molecule has 0 radical (unpaired) electrons. The lowest BCUT2D eigenvalue weighted by molar-refractivity contribution is 0.0948. The summed E-state index contributed by atoms with van der Waals surface area (Å²) >= 11 is 0. The summed E-state index contributed by atoms with van der Waals surface area (Å²) < 4.78 is 11.5. The highest BCUT2D eigenvalue weighted by Crippen LogP contribution is 2.29. The van der Waals surface area contributed by atoms with E-state index in [1.165, 1.54) is 0 Å². The van der Waals surface area contributed by atoms with Crippen molar-refractivity contribution in [3.8, 4) is 11.5 Å². The van der Waals surface area contributed by atoms with Gasteiger partial charge in [-0.1, -0.05) is 42.5 Å². The zero-order valence-electron chi connectivity index (χ0n) is 22.8. The molecule has 0 spiro atoms. The van der Waals surface area contributed by atoms with Gasteiger partial charge in [-0.2, -0.15) is 0 Å². The van der Waals surface area contributed by atoms with Crippen LogP contribution in [-0.4, -0.2) is 52.8 Å². The van der Waals surface area contributed by atoms with E-state index in [0.717, 1.165) is 82.6 Å².